The highest BCUT2D eigenvalue weighted by atomic mass is 16.7. The Labute approximate surface area is 134 Å². The van der Waals surface area contributed by atoms with Gasteiger partial charge in [-0.25, -0.2) is 4.79 Å². The van der Waals surface area contributed by atoms with Crippen molar-refractivity contribution in [2.75, 3.05) is 20.3 Å². The third kappa shape index (κ3) is 3.94. The van der Waals surface area contributed by atoms with Crippen molar-refractivity contribution < 1.29 is 19.4 Å². The van der Waals surface area contributed by atoms with Gasteiger partial charge in [0.2, 0.25) is 0 Å². The van der Waals surface area contributed by atoms with Crippen LogP contribution < -0.4 is 0 Å². The second kappa shape index (κ2) is 6.90. The fraction of sp³-hybridized carbons (Fsp3) is 0.824. The largest absolute Gasteiger partial charge is 0.478 e. The fourth-order valence-corrected chi connectivity index (χ4v) is 3.46. The van der Waals surface area contributed by atoms with Crippen molar-refractivity contribution in [1.82, 2.24) is 4.90 Å². The molecule has 0 aromatic carbocycles. The molecule has 0 aromatic rings. The average Bonchev–Trinajstić information content (AvgIpc) is 2.35. The Hall–Kier alpha value is -1.23. The van der Waals surface area contributed by atoms with Crippen LogP contribution in [-0.2, 0) is 14.3 Å². The standard InChI is InChI=1S/C17H31NO4/c1-8-21-15(22-9-2)13(14(19)20)12-10-16(3,4)18(7)17(5,6)11-12/h12H,8-11H2,1-7H3,(H,19,20). The zero-order valence-corrected chi connectivity index (χ0v) is 15.0. The summed E-state index contributed by atoms with van der Waals surface area (Å²) in [6.45, 7) is 13.1. The Morgan fingerprint density at radius 3 is 1.82 bits per heavy atom. The number of hydrogen-bond acceptors (Lipinski definition) is 4. The van der Waals surface area contributed by atoms with E-state index in [-0.39, 0.29) is 28.5 Å². The number of piperidine rings is 1. The number of ether oxygens (including phenoxy) is 2. The van der Waals surface area contributed by atoms with Crippen LogP contribution in [0.4, 0.5) is 0 Å². The van der Waals surface area contributed by atoms with Gasteiger partial charge in [0.05, 0.1) is 13.2 Å². The highest BCUT2D eigenvalue weighted by Gasteiger charge is 2.46. The first kappa shape index (κ1) is 18.8. The van der Waals surface area contributed by atoms with Crippen LogP contribution in [0.2, 0.25) is 0 Å². The molecule has 1 heterocycles. The molecule has 5 heteroatoms. The molecule has 0 atom stereocenters. The summed E-state index contributed by atoms with van der Waals surface area (Å²) in [5.41, 5.74) is 0.103. The van der Waals surface area contributed by atoms with E-state index < -0.39 is 5.97 Å². The zero-order chi connectivity index (χ0) is 17.1. The maximum absolute atomic E-state index is 11.9. The van der Waals surface area contributed by atoms with E-state index in [1.807, 2.05) is 13.8 Å². The molecule has 0 amide bonds. The van der Waals surface area contributed by atoms with Crippen molar-refractivity contribution in [3.05, 3.63) is 11.5 Å². The molecule has 0 aromatic heterocycles. The molecule has 1 saturated heterocycles. The van der Waals surface area contributed by atoms with Gasteiger partial charge in [-0.1, -0.05) is 0 Å². The van der Waals surface area contributed by atoms with Crippen LogP contribution in [0.25, 0.3) is 0 Å². The summed E-state index contributed by atoms with van der Waals surface area (Å²) in [5.74, 6) is -0.858. The highest BCUT2D eigenvalue weighted by Crippen LogP contribution is 2.43. The minimum atomic E-state index is -0.946. The van der Waals surface area contributed by atoms with Crippen LogP contribution in [0.3, 0.4) is 0 Å². The van der Waals surface area contributed by atoms with Crippen molar-refractivity contribution >= 4 is 5.97 Å². The second-order valence-electron chi connectivity index (χ2n) is 7.16. The highest BCUT2D eigenvalue weighted by molar-refractivity contribution is 5.87. The van der Waals surface area contributed by atoms with Gasteiger partial charge in [0.15, 0.2) is 0 Å². The van der Waals surface area contributed by atoms with Crippen molar-refractivity contribution in [3.8, 4) is 0 Å². The van der Waals surface area contributed by atoms with Crippen molar-refractivity contribution in [1.29, 1.82) is 0 Å². The maximum atomic E-state index is 11.9. The minimum absolute atomic E-state index is 0.0867. The number of likely N-dealkylation sites (tertiary alicyclic amines) is 1. The van der Waals surface area contributed by atoms with Gasteiger partial charge in [-0.3, -0.25) is 4.90 Å². The molecule has 1 aliphatic heterocycles. The molecule has 22 heavy (non-hydrogen) atoms. The molecule has 0 radical (unpaired) electrons. The molecule has 1 N–H and O–H groups in total. The Balaban J connectivity index is 3.26. The van der Waals surface area contributed by atoms with Crippen LogP contribution >= 0.6 is 0 Å². The molecule has 1 aliphatic rings. The Bertz CT molecular complexity index is 414. The Morgan fingerprint density at radius 1 is 1.09 bits per heavy atom. The van der Waals surface area contributed by atoms with Gasteiger partial charge < -0.3 is 14.6 Å². The first-order valence-corrected chi connectivity index (χ1v) is 8.03. The smallest absolute Gasteiger partial charge is 0.339 e. The number of hydrogen-bond donors (Lipinski definition) is 1. The molecular weight excluding hydrogens is 282 g/mol. The summed E-state index contributed by atoms with van der Waals surface area (Å²) in [7, 11) is 2.10. The topological polar surface area (TPSA) is 59.0 Å². The molecule has 1 rings (SSSR count). The first-order chi connectivity index (χ1) is 10.1. The van der Waals surface area contributed by atoms with Gasteiger partial charge in [0.1, 0.15) is 5.57 Å². The lowest BCUT2D eigenvalue weighted by atomic mass is 9.71. The quantitative estimate of drug-likeness (QED) is 0.602. The molecule has 5 nitrogen and oxygen atoms in total. The van der Waals surface area contributed by atoms with Crippen molar-refractivity contribution in [2.45, 2.75) is 65.5 Å². The monoisotopic (exact) mass is 313 g/mol. The van der Waals surface area contributed by atoms with Crippen LogP contribution in [0.5, 0.6) is 0 Å². The SMILES string of the molecule is CCOC(OCC)=C(C(=O)O)C1CC(C)(C)N(C)C(C)(C)C1. The van der Waals surface area contributed by atoms with Gasteiger partial charge in [0, 0.05) is 17.0 Å². The van der Waals surface area contributed by atoms with Crippen LogP contribution in [0, 0.1) is 5.92 Å². The number of carboxylic acids is 1. The summed E-state index contributed by atoms with van der Waals surface area (Å²) < 4.78 is 11.0. The van der Waals surface area contributed by atoms with E-state index in [2.05, 4.69) is 39.6 Å². The number of nitrogens with zero attached hydrogens (tertiary/aromatic N) is 1. The van der Waals surface area contributed by atoms with Crippen LogP contribution in [0.15, 0.2) is 11.5 Å². The first-order valence-electron chi connectivity index (χ1n) is 8.03. The summed E-state index contributed by atoms with van der Waals surface area (Å²) in [6.07, 6.45) is 1.52. The van der Waals surface area contributed by atoms with E-state index in [1.54, 1.807) is 0 Å². The summed E-state index contributed by atoms with van der Waals surface area (Å²) >= 11 is 0. The average molecular weight is 313 g/mol. The molecule has 128 valence electrons. The molecule has 0 unspecified atom stereocenters. The number of carbonyl (C=O) groups is 1. The van der Waals surface area contributed by atoms with E-state index >= 15 is 0 Å². The molecule has 0 bridgehead atoms. The predicted molar refractivity (Wildman–Crippen MR) is 86.6 cm³/mol. The normalized spacial score (nSPS) is 21.2. The lowest BCUT2D eigenvalue weighted by molar-refractivity contribution is -0.135. The number of rotatable bonds is 6. The molecular formula is C17H31NO4. The Morgan fingerprint density at radius 2 is 1.50 bits per heavy atom. The van der Waals surface area contributed by atoms with Crippen molar-refractivity contribution in [2.24, 2.45) is 5.92 Å². The van der Waals surface area contributed by atoms with Gasteiger partial charge >= 0.3 is 5.97 Å². The Kier molecular flexibility index (Phi) is 5.90. The lowest BCUT2D eigenvalue weighted by Gasteiger charge is -2.53. The van der Waals surface area contributed by atoms with E-state index in [0.717, 1.165) is 12.8 Å². The fourth-order valence-electron chi connectivity index (χ4n) is 3.46. The minimum Gasteiger partial charge on any atom is -0.478 e. The van der Waals surface area contributed by atoms with E-state index in [0.29, 0.717) is 13.2 Å². The second-order valence-corrected chi connectivity index (χ2v) is 7.16. The van der Waals surface area contributed by atoms with Gasteiger partial charge in [-0.15, -0.1) is 0 Å². The molecule has 0 aliphatic carbocycles. The maximum Gasteiger partial charge on any atom is 0.339 e. The molecule has 0 spiro atoms. The third-order valence-electron chi connectivity index (χ3n) is 4.72. The van der Waals surface area contributed by atoms with Crippen molar-refractivity contribution in [3.63, 3.8) is 0 Å². The third-order valence-corrected chi connectivity index (χ3v) is 4.72. The molecule has 0 saturated carbocycles. The number of aliphatic carboxylic acids is 1. The number of carboxylic acid groups (broad SMARTS) is 1. The zero-order valence-electron chi connectivity index (χ0n) is 15.0. The summed E-state index contributed by atoms with van der Waals surface area (Å²) in [5, 5.41) is 9.72. The van der Waals surface area contributed by atoms with Crippen LogP contribution in [-0.4, -0.2) is 47.3 Å². The van der Waals surface area contributed by atoms with Gasteiger partial charge in [-0.05, 0) is 61.4 Å². The van der Waals surface area contributed by atoms with Gasteiger partial charge in [0.25, 0.3) is 5.95 Å². The van der Waals surface area contributed by atoms with Gasteiger partial charge in [-0.2, -0.15) is 0 Å². The van der Waals surface area contributed by atoms with E-state index in [4.69, 9.17) is 9.47 Å². The summed E-state index contributed by atoms with van der Waals surface area (Å²) in [4.78, 5) is 14.2. The lowest BCUT2D eigenvalue weighted by Crippen LogP contribution is -2.59. The predicted octanol–water partition coefficient (Wildman–Crippen LogP) is 3.25. The summed E-state index contributed by atoms with van der Waals surface area (Å²) in [6, 6.07) is 0. The van der Waals surface area contributed by atoms with Crippen LogP contribution in [0.1, 0.15) is 54.4 Å². The molecule has 1 fully saturated rings. The van der Waals surface area contributed by atoms with E-state index in [9.17, 15) is 9.90 Å². The van der Waals surface area contributed by atoms with E-state index in [1.165, 1.54) is 0 Å².